The maximum absolute atomic E-state index is 12.2. The Morgan fingerprint density at radius 2 is 2.24 bits per heavy atom. The van der Waals surface area contributed by atoms with E-state index in [-0.39, 0.29) is 5.91 Å². The zero-order valence-corrected chi connectivity index (χ0v) is 10.1. The van der Waals surface area contributed by atoms with Crippen LogP contribution in [0.15, 0.2) is 24.3 Å². The van der Waals surface area contributed by atoms with E-state index in [0.29, 0.717) is 24.5 Å². The van der Waals surface area contributed by atoms with Crippen LogP contribution in [0.25, 0.3) is 0 Å². The second kappa shape index (κ2) is 5.68. The van der Waals surface area contributed by atoms with E-state index in [4.69, 9.17) is 4.74 Å². The van der Waals surface area contributed by atoms with Crippen molar-refractivity contribution in [3.05, 3.63) is 29.8 Å². The van der Waals surface area contributed by atoms with Crippen molar-refractivity contribution in [1.29, 1.82) is 0 Å². The molecule has 0 unspecified atom stereocenters. The molecule has 0 spiro atoms. The van der Waals surface area contributed by atoms with Gasteiger partial charge in [0.15, 0.2) is 0 Å². The number of hydrogen-bond donors (Lipinski definition) is 1. The van der Waals surface area contributed by atoms with Crippen molar-refractivity contribution in [3.8, 4) is 5.75 Å². The van der Waals surface area contributed by atoms with Gasteiger partial charge in [-0.25, -0.2) is 0 Å². The van der Waals surface area contributed by atoms with Crippen LogP contribution in [0.4, 0.5) is 0 Å². The third-order valence-electron chi connectivity index (χ3n) is 2.83. The summed E-state index contributed by atoms with van der Waals surface area (Å²) in [4.78, 5) is 14.1. The number of nitrogens with zero attached hydrogens (tertiary/aromatic N) is 1. The van der Waals surface area contributed by atoms with E-state index < -0.39 is 0 Å². The Morgan fingerprint density at radius 3 is 3.06 bits per heavy atom. The molecule has 0 fully saturated rings. The fourth-order valence-electron chi connectivity index (χ4n) is 1.91. The van der Waals surface area contributed by atoms with Crippen molar-refractivity contribution in [1.82, 2.24) is 10.2 Å². The van der Waals surface area contributed by atoms with Gasteiger partial charge in [-0.3, -0.25) is 4.79 Å². The molecule has 0 radical (unpaired) electrons. The number of amides is 1. The standard InChI is InChI=1S/C13H18N2O2/c1-2-14-7-8-15-9-10-17-12-6-4-3-5-11(12)13(15)16/h3-6,14H,2,7-10H2,1H3. The van der Waals surface area contributed by atoms with Crippen molar-refractivity contribution < 1.29 is 9.53 Å². The smallest absolute Gasteiger partial charge is 0.257 e. The average molecular weight is 234 g/mol. The number of nitrogens with one attached hydrogen (secondary N) is 1. The van der Waals surface area contributed by atoms with Gasteiger partial charge in [0, 0.05) is 13.1 Å². The topological polar surface area (TPSA) is 41.6 Å². The number of carbonyl (C=O) groups excluding carboxylic acids is 1. The summed E-state index contributed by atoms with van der Waals surface area (Å²) in [6.07, 6.45) is 0. The van der Waals surface area contributed by atoms with Crippen molar-refractivity contribution in [3.63, 3.8) is 0 Å². The molecule has 1 N–H and O–H groups in total. The quantitative estimate of drug-likeness (QED) is 0.794. The molecule has 1 heterocycles. The fourth-order valence-corrected chi connectivity index (χ4v) is 1.91. The molecule has 0 bridgehead atoms. The van der Waals surface area contributed by atoms with E-state index in [1.807, 2.05) is 29.2 Å². The van der Waals surface area contributed by atoms with Gasteiger partial charge in [-0.15, -0.1) is 0 Å². The van der Waals surface area contributed by atoms with Crippen molar-refractivity contribution in [2.75, 3.05) is 32.8 Å². The van der Waals surface area contributed by atoms with Gasteiger partial charge in [-0.1, -0.05) is 19.1 Å². The first-order valence-electron chi connectivity index (χ1n) is 6.04. The summed E-state index contributed by atoms with van der Waals surface area (Å²) in [7, 11) is 0. The Morgan fingerprint density at radius 1 is 1.41 bits per heavy atom. The maximum Gasteiger partial charge on any atom is 0.257 e. The lowest BCUT2D eigenvalue weighted by Gasteiger charge is -2.19. The molecule has 17 heavy (non-hydrogen) atoms. The first-order chi connectivity index (χ1) is 8.33. The first-order valence-corrected chi connectivity index (χ1v) is 6.04. The molecule has 2 rings (SSSR count). The highest BCUT2D eigenvalue weighted by atomic mass is 16.5. The number of likely N-dealkylation sites (N-methyl/N-ethyl adjacent to an activating group) is 1. The summed E-state index contributed by atoms with van der Waals surface area (Å²) < 4.78 is 5.57. The van der Waals surface area contributed by atoms with Crippen LogP contribution in [0.3, 0.4) is 0 Å². The Hall–Kier alpha value is -1.55. The van der Waals surface area contributed by atoms with Gasteiger partial charge >= 0.3 is 0 Å². The molecule has 1 aliphatic heterocycles. The van der Waals surface area contributed by atoms with E-state index in [9.17, 15) is 4.79 Å². The number of rotatable bonds is 4. The molecule has 0 aliphatic carbocycles. The summed E-state index contributed by atoms with van der Waals surface area (Å²) >= 11 is 0. The predicted molar refractivity (Wildman–Crippen MR) is 66.4 cm³/mol. The van der Waals surface area contributed by atoms with Gasteiger partial charge < -0.3 is 15.0 Å². The SMILES string of the molecule is CCNCCN1CCOc2ccccc2C1=O. The number of carbonyl (C=O) groups is 1. The number of fused-ring (bicyclic) bond motifs is 1. The van der Waals surface area contributed by atoms with Crippen molar-refractivity contribution in [2.45, 2.75) is 6.92 Å². The number of ether oxygens (including phenoxy) is 1. The van der Waals surface area contributed by atoms with Gasteiger partial charge in [-0.2, -0.15) is 0 Å². The molecule has 0 saturated carbocycles. The Balaban J connectivity index is 2.09. The minimum absolute atomic E-state index is 0.0657. The summed E-state index contributed by atoms with van der Waals surface area (Å²) in [5.41, 5.74) is 0.668. The van der Waals surface area contributed by atoms with Gasteiger partial charge in [0.25, 0.3) is 5.91 Å². The van der Waals surface area contributed by atoms with Crippen LogP contribution in [0.1, 0.15) is 17.3 Å². The Kier molecular flexibility index (Phi) is 3.98. The van der Waals surface area contributed by atoms with Crippen molar-refractivity contribution >= 4 is 5.91 Å². The van der Waals surface area contributed by atoms with Crippen molar-refractivity contribution in [2.24, 2.45) is 0 Å². The molecule has 0 saturated heterocycles. The van der Waals surface area contributed by atoms with E-state index in [1.54, 1.807) is 0 Å². The van der Waals surface area contributed by atoms with Crippen LogP contribution in [0, 0.1) is 0 Å². The minimum atomic E-state index is 0.0657. The number of benzene rings is 1. The lowest BCUT2D eigenvalue weighted by molar-refractivity contribution is 0.0757. The first kappa shape index (κ1) is 11.9. The molecule has 1 amide bonds. The summed E-state index contributed by atoms with van der Waals surface area (Å²) in [5.74, 6) is 0.763. The van der Waals surface area contributed by atoms with E-state index >= 15 is 0 Å². The van der Waals surface area contributed by atoms with Gasteiger partial charge in [0.2, 0.25) is 0 Å². The Labute approximate surface area is 102 Å². The molecule has 1 aromatic rings. The van der Waals surface area contributed by atoms with Gasteiger partial charge in [0.05, 0.1) is 12.1 Å². The number of para-hydroxylation sites is 1. The van der Waals surface area contributed by atoms with E-state index in [0.717, 1.165) is 19.6 Å². The third-order valence-corrected chi connectivity index (χ3v) is 2.83. The average Bonchev–Trinajstić information content (AvgIpc) is 2.51. The summed E-state index contributed by atoms with van der Waals surface area (Å²) in [6, 6.07) is 7.43. The van der Waals surface area contributed by atoms with Crippen LogP contribution >= 0.6 is 0 Å². The molecular formula is C13H18N2O2. The summed E-state index contributed by atoms with van der Waals surface area (Å²) in [6.45, 7) is 5.75. The fraction of sp³-hybridized carbons (Fsp3) is 0.462. The van der Waals surface area contributed by atoms with E-state index in [1.165, 1.54) is 0 Å². The maximum atomic E-state index is 12.2. The Bertz CT molecular complexity index is 393. The molecule has 4 heteroatoms. The largest absolute Gasteiger partial charge is 0.491 e. The second-order valence-corrected chi connectivity index (χ2v) is 3.99. The normalized spacial score (nSPS) is 15.1. The lowest BCUT2D eigenvalue weighted by Crippen LogP contribution is -2.37. The highest BCUT2D eigenvalue weighted by Gasteiger charge is 2.22. The molecule has 92 valence electrons. The molecule has 4 nitrogen and oxygen atoms in total. The van der Waals surface area contributed by atoms with Crippen LogP contribution in [0.2, 0.25) is 0 Å². The highest BCUT2D eigenvalue weighted by Crippen LogP contribution is 2.22. The van der Waals surface area contributed by atoms with Crippen LogP contribution in [-0.2, 0) is 0 Å². The molecule has 1 aromatic carbocycles. The minimum Gasteiger partial charge on any atom is -0.491 e. The number of hydrogen-bond acceptors (Lipinski definition) is 3. The second-order valence-electron chi connectivity index (χ2n) is 3.99. The van der Waals surface area contributed by atoms with E-state index in [2.05, 4.69) is 12.2 Å². The molecule has 1 aliphatic rings. The van der Waals surface area contributed by atoms with Crippen LogP contribution in [-0.4, -0.2) is 43.6 Å². The molecule has 0 aromatic heterocycles. The highest BCUT2D eigenvalue weighted by molar-refractivity contribution is 5.97. The molecule has 0 atom stereocenters. The zero-order valence-electron chi connectivity index (χ0n) is 10.1. The lowest BCUT2D eigenvalue weighted by atomic mass is 10.2. The van der Waals surface area contributed by atoms with Gasteiger partial charge in [0.1, 0.15) is 12.4 Å². The van der Waals surface area contributed by atoms with Crippen LogP contribution in [0.5, 0.6) is 5.75 Å². The van der Waals surface area contributed by atoms with Crippen LogP contribution < -0.4 is 10.1 Å². The third kappa shape index (κ3) is 2.77. The van der Waals surface area contributed by atoms with Gasteiger partial charge in [-0.05, 0) is 18.7 Å². The summed E-state index contributed by atoms with van der Waals surface area (Å²) in [5, 5.41) is 3.23. The zero-order chi connectivity index (χ0) is 12.1. The molecular weight excluding hydrogens is 216 g/mol. The monoisotopic (exact) mass is 234 g/mol. The predicted octanol–water partition coefficient (Wildman–Crippen LogP) is 1.13.